The van der Waals surface area contributed by atoms with E-state index in [1.807, 2.05) is 7.05 Å². The number of benzene rings is 2. The molecule has 0 aliphatic carbocycles. The molecule has 0 aromatic heterocycles. The van der Waals surface area contributed by atoms with Crippen molar-refractivity contribution in [1.82, 2.24) is 5.32 Å². The summed E-state index contributed by atoms with van der Waals surface area (Å²) in [5.41, 5.74) is 1.29. The molecule has 0 heterocycles. The Morgan fingerprint density at radius 2 is 1.88 bits per heavy atom. The van der Waals surface area contributed by atoms with Crippen LogP contribution in [-0.4, -0.2) is 18.8 Å². The van der Waals surface area contributed by atoms with Crippen molar-refractivity contribution in [3.05, 3.63) is 48.0 Å². The molecule has 0 saturated heterocycles. The van der Waals surface area contributed by atoms with Crippen LogP contribution in [0.2, 0.25) is 0 Å². The zero-order valence-electron chi connectivity index (χ0n) is 10.2. The van der Waals surface area contributed by atoms with Gasteiger partial charge in [-0.1, -0.05) is 36.4 Å². The number of nitrogens with one attached hydrogen (secondary N) is 1. The van der Waals surface area contributed by atoms with Crippen LogP contribution in [0.3, 0.4) is 0 Å². The summed E-state index contributed by atoms with van der Waals surface area (Å²) in [6, 6.07) is 15.3. The minimum atomic E-state index is 0.256. The molecule has 2 N–H and O–H groups in total. The van der Waals surface area contributed by atoms with Crippen molar-refractivity contribution in [1.29, 1.82) is 0 Å². The molecule has 1 atom stereocenters. The van der Waals surface area contributed by atoms with Crippen molar-refractivity contribution in [3.8, 4) is 0 Å². The van der Waals surface area contributed by atoms with Crippen LogP contribution >= 0.6 is 0 Å². The van der Waals surface area contributed by atoms with E-state index in [4.69, 9.17) is 5.11 Å². The first-order valence-corrected chi connectivity index (χ1v) is 6.12. The second-order valence-corrected chi connectivity index (χ2v) is 4.31. The normalized spacial score (nSPS) is 12.8. The van der Waals surface area contributed by atoms with Crippen molar-refractivity contribution in [3.63, 3.8) is 0 Å². The first-order chi connectivity index (χ1) is 8.35. The van der Waals surface area contributed by atoms with Gasteiger partial charge < -0.3 is 10.4 Å². The Morgan fingerprint density at radius 3 is 2.59 bits per heavy atom. The Labute approximate surface area is 102 Å². The highest BCUT2D eigenvalue weighted by Crippen LogP contribution is 2.22. The predicted octanol–water partition coefficient (Wildman–Crippen LogP) is 2.87. The number of aliphatic hydroxyl groups excluding tert-OH is 1. The predicted molar refractivity (Wildman–Crippen MR) is 72.1 cm³/mol. The van der Waals surface area contributed by atoms with Gasteiger partial charge in [0.15, 0.2) is 0 Å². The van der Waals surface area contributed by atoms with Gasteiger partial charge in [0, 0.05) is 12.6 Å². The second-order valence-electron chi connectivity index (χ2n) is 4.31. The molecule has 0 bridgehead atoms. The van der Waals surface area contributed by atoms with Crippen LogP contribution in [0.5, 0.6) is 0 Å². The smallest absolute Gasteiger partial charge is 0.0431 e. The Bertz CT molecular complexity index is 481. The van der Waals surface area contributed by atoms with Gasteiger partial charge in [-0.2, -0.15) is 0 Å². The molecule has 2 rings (SSSR count). The summed E-state index contributed by atoms with van der Waals surface area (Å²) in [7, 11) is 1.97. The maximum atomic E-state index is 8.90. The molecule has 2 aromatic rings. The highest BCUT2D eigenvalue weighted by atomic mass is 16.2. The highest BCUT2D eigenvalue weighted by molar-refractivity contribution is 5.83. The third-order valence-corrected chi connectivity index (χ3v) is 3.18. The van der Waals surface area contributed by atoms with Gasteiger partial charge in [-0.25, -0.2) is 0 Å². The molecule has 0 amide bonds. The number of hydrogen-bond donors (Lipinski definition) is 2. The van der Waals surface area contributed by atoms with Crippen molar-refractivity contribution < 1.29 is 5.11 Å². The molecule has 2 nitrogen and oxygen atoms in total. The van der Waals surface area contributed by atoms with Gasteiger partial charge in [-0.15, -0.1) is 0 Å². The lowest BCUT2D eigenvalue weighted by atomic mass is 9.99. The Morgan fingerprint density at radius 1 is 1.12 bits per heavy atom. The van der Waals surface area contributed by atoms with E-state index in [0.29, 0.717) is 6.04 Å². The maximum absolute atomic E-state index is 8.90. The molecule has 0 radical (unpaired) electrons. The van der Waals surface area contributed by atoms with Crippen LogP contribution < -0.4 is 5.32 Å². The molecule has 0 fully saturated rings. The molecule has 0 aliphatic rings. The highest BCUT2D eigenvalue weighted by Gasteiger charge is 2.08. The molecular formula is C15H19NO. The van der Waals surface area contributed by atoms with E-state index in [-0.39, 0.29) is 6.61 Å². The van der Waals surface area contributed by atoms with E-state index < -0.39 is 0 Å². The Hall–Kier alpha value is -1.38. The topological polar surface area (TPSA) is 32.3 Å². The van der Waals surface area contributed by atoms with Crippen LogP contribution in [0.15, 0.2) is 42.5 Å². The SMILES string of the molecule is CNC(CCCO)c1ccc2ccccc2c1. The third kappa shape index (κ3) is 2.84. The Kier molecular flexibility index (Phi) is 4.13. The van der Waals surface area contributed by atoms with Crippen molar-refractivity contribution in [2.75, 3.05) is 13.7 Å². The first-order valence-electron chi connectivity index (χ1n) is 6.12. The van der Waals surface area contributed by atoms with Crippen molar-refractivity contribution in [2.24, 2.45) is 0 Å². The molecular weight excluding hydrogens is 210 g/mol. The lowest BCUT2D eigenvalue weighted by molar-refractivity contribution is 0.276. The Balaban J connectivity index is 2.27. The molecule has 2 heteroatoms. The maximum Gasteiger partial charge on any atom is 0.0431 e. The minimum absolute atomic E-state index is 0.256. The van der Waals surface area contributed by atoms with Gasteiger partial charge in [0.2, 0.25) is 0 Å². The fourth-order valence-electron chi connectivity index (χ4n) is 2.20. The lowest BCUT2D eigenvalue weighted by Crippen LogP contribution is -2.16. The fourth-order valence-corrected chi connectivity index (χ4v) is 2.20. The lowest BCUT2D eigenvalue weighted by Gasteiger charge is -2.16. The molecule has 2 aromatic carbocycles. The van der Waals surface area contributed by atoms with Gasteiger partial charge >= 0.3 is 0 Å². The molecule has 17 heavy (non-hydrogen) atoms. The summed E-state index contributed by atoms with van der Waals surface area (Å²) in [5.74, 6) is 0. The molecule has 90 valence electrons. The number of rotatable bonds is 5. The molecule has 1 unspecified atom stereocenters. The fraction of sp³-hybridized carbons (Fsp3) is 0.333. The van der Waals surface area contributed by atoms with Gasteiger partial charge in [-0.3, -0.25) is 0 Å². The quantitative estimate of drug-likeness (QED) is 0.826. The molecule has 0 aliphatic heterocycles. The summed E-state index contributed by atoms with van der Waals surface area (Å²) in [6.07, 6.45) is 1.80. The molecule has 0 spiro atoms. The summed E-state index contributed by atoms with van der Waals surface area (Å²) in [5, 5.41) is 14.8. The zero-order chi connectivity index (χ0) is 12.1. The van der Waals surface area contributed by atoms with Crippen LogP contribution in [0.4, 0.5) is 0 Å². The number of fused-ring (bicyclic) bond motifs is 1. The van der Waals surface area contributed by atoms with E-state index in [0.717, 1.165) is 12.8 Å². The first kappa shape index (κ1) is 12.1. The standard InChI is InChI=1S/C15H19NO/c1-16-15(7-4-10-17)14-9-8-12-5-2-3-6-13(12)11-14/h2-3,5-6,8-9,11,15-17H,4,7,10H2,1H3. The van der Waals surface area contributed by atoms with Crippen LogP contribution in [0.1, 0.15) is 24.4 Å². The van der Waals surface area contributed by atoms with Crippen molar-refractivity contribution in [2.45, 2.75) is 18.9 Å². The van der Waals surface area contributed by atoms with E-state index >= 15 is 0 Å². The second kappa shape index (κ2) is 5.80. The summed E-state index contributed by atoms with van der Waals surface area (Å²) in [6.45, 7) is 0.256. The van der Waals surface area contributed by atoms with Gasteiger partial charge in [-0.05, 0) is 42.3 Å². The average molecular weight is 229 g/mol. The third-order valence-electron chi connectivity index (χ3n) is 3.18. The molecule has 0 saturated carbocycles. The largest absolute Gasteiger partial charge is 0.396 e. The van der Waals surface area contributed by atoms with E-state index in [1.165, 1.54) is 16.3 Å². The van der Waals surface area contributed by atoms with Crippen LogP contribution in [0, 0.1) is 0 Å². The van der Waals surface area contributed by atoms with Crippen molar-refractivity contribution >= 4 is 10.8 Å². The summed E-state index contributed by atoms with van der Waals surface area (Å²) >= 11 is 0. The monoisotopic (exact) mass is 229 g/mol. The average Bonchev–Trinajstić information content (AvgIpc) is 2.39. The number of aliphatic hydroxyl groups is 1. The minimum Gasteiger partial charge on any atom is -0.396 e. The van der Waals surface area contributed by atoms with E-state index in [2.05, 4.69) is 47.8 Å². The van der Waals surface area contributed by atoms with E-state index in [9.17, 15) is 0 Å². The van der Waals surface area contributed by atoms with E-state index in [1.54, 1.807) is 0 Å². The van der Waals surface area contributed by atoms with Gasteiger partial charge in [0.05, 0.1) is 0 Å². The van der Waals surface area contributed by atoms with Crippen LogP contribution in [0.25, 0.3) is 10.8 Å². The van der Waals surface area contributed by atoms with Gasteiger partial charge in [0.25, 0.3) is 0 Å². The number of hydrogen-bond acceptors (Lipinski definition) is 2. The van der Waals surface area contributed by atoms with Crippen LogP contribution in [-0.2, 0) is 0 Å². The van der Waals surface area contributed by atoms with Gasteiger partial charge in [0.1, 0.15) is 0 Å². The zero-order valence-corrected chi connectivity index (χ0v) is 10.2. The summed E-state index contributed by atoms with van der Waals surface area (Å²) < 4.78 is 0. The summed E-state index contributed by atoms with van der Waals surface area (Å²) in [4.78, 5) is 0.